The number of hydrogen-bond donors (Lipinski definition) is 8. The van der Waals surface area contributed by atoms with Gasteiger partial charge in [-0.1, -0.05) is 0 Å². The molecule has 2 aliphatic heterocycles. The number of phenolic OH excluding ortho intramolecular Hbond substituents is 4. The van der Waals surface area contributed by atoms with E-state index in [0.29, 0.717) is 0 Å². The second-order valence-electron chi connectivity index (χ2n) is 7.48. The van der Waals surface area contributed by atoms with Crippen LogP contribution >= 0.6 is 0 Å². The third kappa shape index (κ3) is 4.01. The first kappa shape index (κ1) is 22.6. The Bertz CT molecular complexity index is 1100. The number of phenols is 4. The van der Waals surface area contributed by atoms with Crippen LogP contribution in [0.2, 0.25) is 0 Å². The Kier molecular flexibility index (Phi) is 5.78. The third-order valence-electron chi connectivity index (χ3n) is 5.20. The molecular formula is C21H20O12. The third-order valence-corrected chi connectivity index (χ3v) is 5.20. The molecule has 8 N–H and O–H groups in total. The Morgan fingerprint density at radius 3 is 2.24 bits per heavy atom. The van der Waals surface area contributed by atoms with Crippen LogP contribution in [0.5, 0.6) is 34.5 Å². The average molecular weight is 464 g/mol. The molecule has 2 aliphatic rings. The molecule has 5 atom stereocenters. The number of ketones is 1. The number of aliphatic hydroxyl groups is 4. The van der Waals surface area contributed by atoms with Gasteiger partial charge in [-0.3, -0.25) is 4.79 Å². The lowest BCUT2D eigenvalue weighted by atomic mass is 9.99. The van der Waals surface area contributed by atoms with Crippen molar-refractivity contribution >= 4 is 11.9 Å². The van der Waals surface area contributed by atoms with Crippen molar-refractivity contribution in [3.8, 4) is 34.5 Å². The van der Waals surface area contributed by atoms with E-state index in [4.69, 9.17) is 14.2 Å². The van der Waals surface area contributed by atoms with E-state index >= 15 is 0 Å². The van der Waals surface area contributed by atoms with Crippen molar-refractivity contribution in [2.45, 2.75) is 30.7 Å². The van der Waals surface area contributed by atoms with Gasteiger partial charge in [-0.15, -0.1) is 0 Å². The highest BCUT2D eigenvalue weighted by Crippen LogP contribution is 2.43. The molecule has 0 unspecified atom stereocenters. The van der Waals surface area contributed by atoms with Gasteiger partial charge in [0.1, 0.15) is 47.2 Å². The molecule has 0 amide bonds. The molecular weight excluding hydrogens is 444 g/mol. The lowest BCUT2D eigenvalue weighted by molar-refractivity contribution is -0.277. The van der Waals surface area contributed by atoms with Crippen molar-refractivity contribution in [3.63, 3.8) is 0 Å². The number of ether oxygens (including phenoxy) is 3. The van der Waals surface area contributed by atoms with Crippen molar-refractivity contribution < 1.29 is 59.9 Å². The highest BCUT2D eigenvalue weighted by atomic mass is 16.7. The summed E-state index contributed by atoms with van der Waals surface area (Å²) in [6.45, 7) is -0.690. The van der Waals surface area contributed by atoms with Crippen LogP contribution in [-0.4, -0.2) is 83.9 Å². The number of rotatable bonds is 4. The number of benzene rings is 2. The minimum absolute atomic E-state index is 0.111. The first-order valence-electron chi connectivity index (χ1n) is 9.64. The molecule has 0 saturated carbocycles. The minimum Gasteiger partial charge on any atom is -0.508 e. The summed E-state index contributed by atoms with van der Waals surface area (Å²) in [5.41, 5.74) is -0.0530. The van der Waals surface area contributed by atoms with Gasteiger partial charge in [-0.2, -0.15) is 0 Å². The van der Waals surface area contributed by atoms with Crippen molar-refractivity contribution in [1.29, 1.82) is 0 Å². The molecule has 2 aromatic carbocycles. The van der Waals surface area contributed by atoms with Gasteiger partial charge < -0.3 is 55.1 Å². The van der Waals surface area contributed by atoms with Gasteiger partial charge in [0.15, 0.2) is 23.0 Å². The number of aliphatic hydroxyl groups excluding tert-OH is 4. The van der Waals surface area contributed by atoms with Crippen molar-refractivity contribution in [2.75, 3.05) is 6.61 Å². The summed E-state index contributed by atoms with van der Waals surface area (Å²) in [5, 5.41) is 78.1. The highest BCUT2D eigenvalue weighted by molar-refractivity contribution is 6.16. The second kappa shape index (κ2) is 8.42. The largest absolute Gasteiger partial charge is 0.508 e. The fourth-order valence-corrected chi connectivity index (χ4v) is 3.51. The second-order valence-corrected chi connectivity index (χ2v) is 7.48. The lowest BCUT2D eigenvalue weighted by Gasteiger charge is -2.39. The van der Waals surface area contributed by atoms with Gasteiger partial charge in [0.2, 0.25) is 12.1 Å². The number of allylic oxidation sites excluding steroid dienone is 1. The van der Waals surface area contributed by atoms with Gasteiger partial charge in [0.25, 0.3) is 0 Å². The first-order chi connectivity index (χ1) is 15.6. The summed E-state index contributed by atoms with van der Waals surface area (Å²) in [7, 11) is 0. The van der Waals surface area contributed by atoms with E-state index in [1.54, 1.807) is 0 Å². The quantitative estimate of drug-likeness (QED) is 0.209. The van der Waals surface area contributed by atoms with E-state index in [0.717, 1.165) is 30.3 Å². The first-order valence-corrected chi connectivity index (χ1v) is 9.64. The van der Waals surface area contributed by atoms with Crippen molar-refractivity contribution in [1.82, 2.24) is 0 Å². The lowest BCUT2D eigenvalue weighted by Crippen LogP contribution is -2.60. The van der Waals surface area contributed by atoms with Crippen LogP contribution in [0.1, 0.15) is 15.9 Å². The van der Waals surface area contributed by atoms with E-state index < -0.39 is 60.3 Å². The molecule has 4 rings (SSSR count). The van der Waals surface area contributed by atoms with Crippen LogP contribution in [-0.2, 0) is 4.74 Å². The van der Waals surface area contributed by atoms with Crippen molar-refractivity contribution in [2.24, 2.45) is 0 Å². The molecule has 0 aromatic heterocycles. The van der Waals surface area contributed by atoms with Crippen LogP contribution in [0.4, 0.5) is 0 Å². The summed E-state index contributed by atoms with van der Waals surface area (Å²) in [6.07, 6.45) is -6.79. The molecule has 12 nitrogen and oxygen atoms in total. The van der Waals surface area contributed by atoms with Gasteiger partial charge >= 0.3 is 0 Å². The van der Waals surface area contributed by atoms with E-state index in [1.807, 2.05) is 0 Å². The van der Waals surface area contributed by atoms with Crippen LogP contribution in [0.3, 0.4) is 0 Å². The van der Waals surface area contributed by atoms with E-state index in [2.05, 4.69) is 0 Å². The Labute approximate surface area is 185 Å². The number of fused-ring (bicyclic) bond motifs is 1. The molecule has 2 heterocycles. The molecule has 0 radical (unpaired) electrons. The smallest absolute Gasteiger partial charge is 0.235 e. The Morgan fingerprint density at radius 1 is 0.939 bits per heavy atom. The van der Waals surface area contributed by atoms with E-state index in [-0.39, 0.29) is 34.1 Å². The molecule has 2 aromatic rings. The molecule has 33 heavy (non-hydrogen) atoms. The average Bonchev–Trinajstić information content (AvgIpc) is 3.07. The predicted octanol–water partition coefficient (Wildman–Crippen LogP) is -0.696. The topological polar surface area (TPSA) is 207 Å². The summed E-state index contributed by atoms with van der Waals surface area (Å²) in [6, 6.07) is 4.32. The maximum Gasteiger partial charge on any atom is 0.235 e. The maximum atomic E-state index is 13.0. The fraction of sp³-hybridized carbons (Fsp3) is 0.286. The molecule has 1 fully saturated rings. The summed E-state index contributed by atoms with van der Waals surface area (Å²) < 4.78 is 16.2. The highest BCUT2D eigenvalue weighted by Gasteiger charge is 2.45. The van der Waals surface area contributed by atoms with E-state index in [1.165, 1.54) is 0 Å². The molecule has 0 bridgehead atoms. The molecule has 0 spiro atoms. The zero-order chi connectivity index (χ0) is 24.0. The normalized spacial score (nSPS) is 27.9. The Morgan fingerprint density at radius 2 is 1.61 bits per heavy atom. The molecule has 0 aliphatic carbocycles. The molecule has 1 saturated heterocycles. The summed E-state index contributed by atoms with van der Waals surface area (Å²) >= 11 is 0. The van der Waals surface area contributed by atoms with Crippen LogP contribution in [0.25, 0.3) is 6.08 Å². The maximum absolute atomic E-state index is 13.0. The number of aromatic hydroxyl groups is 4. The molecule has 176 valence electrons. The molecule has 12 heteroatoms. The number of carbonyl (C=O) groups is 1. The standard InChI is InChI=1S/C21H20O12/c22-6-14-18(28)19(29)20(30)21(33-14)32-12-5-8(23)4-11-15(12)17(27)13(31-11)3-7-1-9(24)16(26)10(25)2-7/h1-5,14,18-26,28-30H,6H2/b13-3+/t14-,18-,19+,20-,21-/m1/s1. The van der Waals surface area contributed by atoms with Gasteiger partial charge in [0, 0.05) is 12.1 Å². The number of hydrogen-bond acceptors (Lipinski definition) is 12. The fourth-order valence-electron chi connectivity index (χ4n) is 3.51. The van der Waals surface area contributed by atoms with Crippen molar-refractivity contribution in [3.05, 3.63) is 41.2 Å². The van der Waals surface area contributed by atoms with Gasteiger partial charge in [-0.25, -0.2) is 0 Å². The number of Topliss-reactive ketones (excluding diaryl/α,β-unsaturated/α-hetero) is 1. The Balaban J connectivity index is 1.66. The zero-order valence-corrected chi connectivity index (χ0v) is 16.7. The van der Waals surface area contributed by atoms with Crippen LogP contribution < -0.4 is 9.47 Å². The van der Waals surface area contributed by atoms with Crippen LogP contribution in [0.15, 0.2) is 30.0 Å². The summed E-state index contributed by atoms with van der Waals surface area (Å²) in [4.78, 5) is 13.0. The summed E-state index contributed by atoms with van der Waals surface area (Å²) in [5.74, 6) is -3.77. The predicted molar refractivity (Wildman–Crippen MR) is 107 cm³/mol. The monoisotopic (exact) mass is 464 g/mol. The minimum atomic E-state index is -1.75. The Hall–Kier alpha value is -3.55. The van der Waals surface area contributed by atoms with Crippen LogP contribution in [0, 0.1) is 0 Å². The van der Waals surface area contributed by atoms with E-state index in [9.17, 15) is 45.6 Å². The SMILES string of the molecule is O=C1/C(=C\c2cc(O)c(O)c(O)c2)Oc2cc(O)cc(O[C@@H]3O[C@H](CO)[C@@H](O)[C@H](O)[C@H]3O)c21. The van der Waals surface area contributed by atoms with Gasteiger partial charge in [-0.05, 0) is 23.8 Å². The zero-order valence-electron chi connectivity index (χ0n) is 16.7. The van der Waals surface area contributed by atoms with Gasteiger partial charge in [0.05, 0.1) is 6.61 Å². The number of carbonyl (C=O) groups excluding carboxylic acids is 1.